The lowest BCUT2D eigenvalue weighted by molar-refractivity contribution is -0.286. The number of carbonyl (C=O) groups excluding carboxylic acids is 1. The molecule has 1 aliphatic heterocycles. The fourth-order valence-electron chi connectivity index (χ4n) is 1.62. The number of aliphatic carboxylic acids is 1. The highest BCUT2D eigenvalue weighted by molar-refractivity contribution is 5.73. The predicted molar refractivity (Wildman–Crippen MR) is 50.9 cm³/mol. The van der Waals surface area contributed by atoms with Gasteiger partial charge in [0.05, 0.1) is 0 Å². The highest BCUT2D eigenvalue weighted by Gasteiger charge is 2.50. The van der Waals surface area contributed by atoms with Gasteiger partial charge in [-0.2, -0.15) is 0 Å². The smallest absolute Gasteiger partial charge is 0.335 e. The third-order valence-electron chi connectivity index (χ3n) is 2.35. The maximum Gasteiger partial charge on any atom is 0.335 e. The molecule has 0 saturated carbocycles. The van der Waals surface area contributed by atoms with Crippen molar-refractivity contribution in [2.75, 3.05) is 7.11 Å². The highest BCUT2D eigenvalue weighted by atomic mass is 16.7. The molecule has 1 heterocycles. The van der Waals surface area contributed by atoms with Crippen molar-refractivity contribution in [2.24, 2.45) is 0 Å². The van der Waals surface area contributed by atoms with Crippen LogP contribution in [0, 0.1) is 0 Å². The van der Waals surface area contributed by atoms with Crippen LogP contribution in [-0.4, -0.2) is 65.1 Å². The van der Waals surface area contributed by atoms with E-state index in [1.807, 2.05) is 0 Å². The van der Waals surface area contributed by atoms with Gasteiger partial charge in [-0.3, -0.25) is 4.79 Å². The van der Waals surface area contributed by atoms with Crippen LogP contribution in [0.1, 0.15) is 6.92 Å². The van der Waals surface area contributed by atoms with Crippen molar-refractivity contribution in [3.05, 3.63) is 0 Å². The van der Waals surface area contributed by atoms with Crippen LogP contribution in [0.25, 0.3) is 0 Å². The Hall–Kier alpha value is -1.22. The van der Waals surface area contributed by atoms with E-state index in [2.05, 4.69) is 4.74 Å². The molecule has 0 aliphatic carbocycles. The first-order chi connectivity index (χ1) is 7.88. The van der Waals surface area contributed by atoms with Crippen LogP contribution in [0.4, 0.5) is 0 Å². The number of methoxy groups -OCH3 is 1. The largest absolute Gasteiger partial charge is 0.479 e. The van der Waals surface area contributed by atoms with Crippen LogP contribution in [-0.2, 0) is 23.8 Å². The molecule has 0 aromatic heterocycles. The fraction of sp³-hybridized carbons (Fsp3) is 0.778. The third kappa shape index (κ3) is 2.91. The molecule has 0 amide bonds. The van der Waals surface area contributed by atoms with Gasteiger partial charge in [0, 0.05) is 14.0 Å². The van der Waals surface area contributed by atoms with Gasteiger partial charge in [0.1, 0.15) is 12.2 Å². The van der Waals surface area contributed by atoms with E-state index in [1.54, 1.807) is 0 Å². The number of ether oxygens (including phenoxy) is 3. The Morgan fingerprint density at radius 1 is 1.24 bits per heavy atom. The van der Waals surface area contributed by atoms with Crippen molar-refractivity contribution in [3.63, 3.8) is 0 Å². The molecule has 0 spiro atoms. The zero-order valence-corrected chi connectivity index (χ0v) is 9.27. The summed E-state index contributed by atoms with van der Waals surface area (Å²) >= 11 is 0. The summed E-state index contributed by atoms with van der Waals surface area (Å²) in [6.45, 7) is 1.09. The summed E-state index contributed by atoms with van der Waals surface area (Å²) in [6.07, 6.45) is -7.36. The molecule has 3 N–H and O–H groups in total. The number of aliphatic hydroxyl groups excluding tert-OH is 2. The van der Waals surface area contributed by atoms with E-state index in [-0.39, 0.29) is 0 Å². The molecule has 17 heavy (non-hydrogen) atoms. The second kappa shape index (κ2) is 5.41. The summed E-state index contributed by atoms with van der Waals surface area (Å²) in [6, 6.07) is 0. The molecule has 0 radical (unpaired) electrons. The monoisotopic (exact) mass is 250 g/mol. The van der Waals surface area contributed by atoms with Crippen LogP contribution >= 0.6 is 0 Å². The van der Waals surface area contributed by atoms with Crippen LogP contribution in [0.5, 0.6) is 0 Å². The van der Waals surface area contributed by atoms with E-state index in [9.17, 15) is 19.8 Å². The maximum atomic E-state index is 10.9. The van der Waals surface area contributed by atoms with Crippen LogP contribution in [0.2, 0.25) is 0 Å². The summed E-state index contributed by atoms with van der Waals surface area (Å²) in [7, 11) is 1.19. The first kappa shape index (κ1) is 13.8. The maximum absolute atomic E-state index is 10.9. The Balaban J connectivity index is 2.94. The SMILES string of the molecule is CO[C@@H]1[C@H](OC(C)=O)[C@@H](O)C(O)O[C@@H]1C(=O)O. The summed E-state index contributed by atoms with van der Waals surface area (Å²) in [5.74, 6) is -2.12. The number of carboxylic acid groups (broad SMARTS) is 1. The molecular weight excluding hydrogens is 236 g/mol. The van der Waals surface area contributed by atoms with Gasteiger partial charge in [-0.05, 0) is 0 Å². The van der Waals surface area contributed by atoms with Crippen molar-refractivity contribution < 1.29 is 39.1 Å². The van der Waals surface area contributed by atoms with Crippen molar-refractivity contribution in [2.45, 2.75) is 37.6 Å². The van der Waals surface area contributed by atoms with Crippen LogP contribution in [0.15, 0.2) is 0 Å². The van der Waals surface area contributed by atoms with Gasteiger partial charge in [-0.1, -0.05) is 0 Å². The first-order valence-electron chi connectivity index (χ1n) is 4.83. The van der Waals surface area contributed by atoms with Crippen molar-refractivity contribution in [3.8, 4) is 0 Å². The van der Waals surface area contributed by atoms with E-state index in [0.717, 1.165) is 6.92 Å². The Kier molecular flexibility index (Phi) is 4.40. The molecule has 1 rings (SSSR count). The Morgan fingerprint density at radius 3 is 2.24 bits per heavy atom. The summed E-state index contributed by atoms with van der Waals surface area (Å²) in [5, 5.41) is 27.7. The average molecular weight is 250 g/mol. The normalized spacial score (nSPS) is 37.5. The summed E-state index contributed by atoms with van der Waals surface area (Å²) in [5.41, 5.74) is 0. The zero-order chi connectivity index (χ0) is 13.2. The topological polar surface area (TPSA) is 123 Å². The van der Waals surface area contributed by atoms with Gasteiger partial charge in [0.25, 0.3) is 0 Å². The molecule has 8 nitrogen and oxygen atoms in total. The molecule has 1 fully saturated rings. The van der Waals surface area contributed by atoms with E-state index in [4.69, 9.17) is 14.6 Å². The van der Waals surface area contributed by atoms with Gasteiger partial charge < -0.3 is 29.5 Å². The quantitative estimate of drug-likeness (QED) is 0.496. The van der Waals surface area contributed by atoms with Gasteiger partial charge in [-0.25, -0.2) is 4.79 Å². The molecule has 0 aromatic rings. The second-order valence-corrected chi connectivity index (χ2v) is 3.55. The molecule has 0 aromatic carbocycles. The molecule has 5 atom stereocenters. The van der Waals surface area contributed by atoms with Crippen molar-refractivity contribution in [1.82, 2.24) is 0 Å². The minimum absolute atomic E-state index is 0.727. The lowest BCUT2D eigenvalue weighted by atomic mass is 9.98. The Morgan fingerprint density at radius 2 is 1.82 bits per heavy atom. The van der Waals surface area contributed by atoms with E-state index >= 15 is 0 Å². The number of carboxylic acids is 1. The lowest BCUT2D eigenvalue weighted by Gasteiger charge is -2.39. The predicted octanol–water partition coefficient (Wildman–Crippen LogP) is -1.90. The molecule has 1 unspecified atom stereocenters. The number of hydrogen-bond donors (Lipinski definition) is 3. The highest BCUT2D eigenvalue weighted by Crippen LogP contribution is 2.24. The molecule has 1 saturated heterocycles. The first-order valence-corrected chi connectivity index (χ1v) is 4.83. The van der Waals surface area contributed by atoms with E-state index in [1.165, 1.54) is 7.11 Å². The Labute approximate surface area is 96.7 Å². The van der Waals surface area contributed by atoms with E-state index in [0.29, 0.717) is 0 Å². The second-order valence-electron chi connectivity index (χ2n) is 3.55. The lowest BCUT2D eigenvalue weighted by Crippen LogP contribution is -2.61. The zero-order valence-electron chi connectivity index (χ0n) is 9.27. The third-order valence-corrected chi connectivity index (χ3v) is 2.35. The average Bonchev–Trinajstić information content (AvgIpc) is 2.23. The van der Waals surface area contributed by atoms with Gasteiger partial charge in [0.15, 0.2) is 18.5 Å². The molecule has 98 valence electrons. The summed E-state index contributed by atoms with van der Waals surface area (Å²) < 4.78 is 14.2. The van der Waals surface area contributed by atoms with Crippen LogP contribution < -0.4 is 0 Å². The van der Waals surface area contributed by atoms with Crippen molar-refractivity contribution >= 4 is 11.9 Å². The number of carbonyl (C=O) groups is 2. The molecule has 1 aliphatic rings. The number of esters is 1. The standard InChI is InChI=1S/C9H14O8/c1-3(10)16-5-4(11)9(14)17-7(8(12)13)6(5)15-2/h4-7,9,11,14H,1-2H3,(H,12,13)/t4-,5-,6-,7+,9?/m1/s1. The molecule has 8 heteroatoms. The summed E-state index contributed by atoms with van der Waals surface area (Å²) in [4.78, 5) is 21.7. The number of hydrogen-bond acceptors (Lipinski definition) is 7. The number of aliphatic hydroxyl groups is 2. The van der Waals surface area contributed by atoms with Gasteiger partial charge in [0.2, 0.25) is 0 Å². The number of rotatable bonds is 3. The minimum Gasteiger partial charge on any atom is -0.479 e. The van der Waals surface area contributed by atoms with Gasteiger partial charge >= 0.3 is 11.9 Å². The van der Waals surface area contributed by atoms with Crippen molar-refractivity contribution in [1.29, 1.82) is 0 Å². The molecule has 0 bridgehead atoms. The minimum atomic E-state index is -1.76. The Bertz CT molecular complexity index is 303. The van der Waals surface area contributed by atoms with Crippen LogP contribution in [0.3, 0.4) is 0 Å². The fourth-order valence-corrected chi connectivity index (χ4v) is 1.62. The molecular formula is C9H14O8. The van der Waals surface area contributed by atoms with Gasteiger partial charge in [-0.15, -0.1) is 0 Å². The van der Waals surface area contributed by atoms with E-state index < -0.39 is 42.6 Å².